The average molecular weight is 739 g/mol. The van der Waals surface area contributed by atoms with Crippen molar-refractivity contribution in [2.45, 2.75) is 169 Å². The number of carbonyl (C=O) groups is 1. The molecule has 0 aromatic carbocycles. The van der Waals surface area contributed by atoms with Crippen LogP contribution in [-0.4, -0.2) is 70.4 Å². The van der Waals surface area contributed by atoms with Crippen LogP contribution in [-0.2, 0) is 34.6 Å². The van der Waals surface area contributed by atoms with Crippen molar-refractivity contribution in [3.8, 4) is 0 Å². The number of aromatic nitrogens is 4. The Hall–Kier alpha value is -2.11. The molecule has 51 heavy (non-hydrogen) atoms. The van der Waals surface area contributed by atoms with Crippen molar-refractivity contribution >= 4 is 30.5 Å². The Morgan fingerprint density at radius 1 is 0.863 bits per heavy atom. The van der Waals surface area contributed by atoms with Gasteiger partial charge in [-0.2, -0.15) is 0 Å². The maximum atomic E-state index is 14.0. The fourth-order valence-corrected chi connectivity index (χ4v) is 7.86. The van der Waals surface area contributed by atoms with Gasteiger partial charge in [-0.15, -0.1) is 0 Å². The molecule has 0 saturated carbocycles. The molecule has 3 N–H and O–H groups in total. The van der Waals surface area contributed by atoms with Gasteiger partial charge < -0.3 is 29.0 Å². The van der Waals surface area contributed by atoms with Gasteiger partial charge >= 0.3 is 5.97 Å². The quantitative estimate of drug-likeness (QED) is 0.0420. The summed E-state index contributed by atoms with van der Waals surface area (Å²) in [4.78, 5) is 25.4. The van der Waals surface area contributed by atoms with Crippen molar-refractivity contribution < 1.29 is 28.1 Å². The summed E-state index contributed by atoms with van der Waals surface area (Å²) in [6.07, 6.45) is 23.5. The summed E-state index contributed by atoms with van der Waals surface area (Å²) in [6.45, 7) is 14.1. The standard InChI is InChI=1S/C38H71N6O6P/c1-7-9-10-11-12-13-14-15-16-17-18-19-20-21-24-47-25-22-26-50-51(46,43-33(4)37(45)48-28-38(5,6)23-8-2)31-49-32(3)27-44-30-42-34-35(39)40-29-41-36(34)44/h29-30,32-33H,7-28,31H2,1-6H3,(H,43,46)(H2,39,40,41)/t32-,33+,51?/m1/s1. The summed E-state index contributed by atoms with van der Waals surface area (Å²) in [5, 5.41) is 2.91. The zero-order chi connectivity index (χ0) is 37.4. The number of esters is 1. The fraction of sp³-hybridized carbons (Fsp3) is 0.842. The second kappa shape index (κ2) is 25.8. The number of ether oxygens (including phenoxy) is 3. The van der Waals surface area contributed by atoms with Crippen molar-refractivity contribution in [3.63, 3.8) is 0 Å². The number of anilines is 1. The fourth-order valence-electron chi connectivity index (χ4n) is 6.06. The van der Waals surface area contributed by atoms with Crippen LogP contribution in [0.1, 0.15) is 151 Å². The SMILES string of the molecule is CCCCCCCCCCCCCCCCOCCCOP(=O)(CO[C@H](C)Cn1cnc2c(N)ncnc21)N[C@@H](C)C(=O)OCC(C)(C)CCC. The van der Waals surface area contributed by atoms with E-state index in [4.69, 9.17) is 24.5 Å². The summed E-state index contributed by atoms with van der Waals surface area (Å²) in [5.41, 5.74) is 6.89. The topological polar surface area (TPSA) is 153 Å². The highest BCUT2D eigenvalue weighted by atomic mass is 31.2. The van der Waals surface area contributed by atoms with Crippen molar-refractivity contribution in [1.82, 2.24) is 24.6 Å². The molecule has 0 bridgehead atoms. The number of hydrogen-bond donors (Lipinski definition) is 2. The zero-order valence-electron chi connectivity index (χ0n) is 32.8. The normalized spacial score (nSPS) is 14.5. The summed E-state index contributed by atoms with van der Waals surface area (Å²) < 4.78 is 39.2. The smallest absolute Gasteiger partial charge is 0.323 e. The number of nitrogens with zero attached hydrogens (tertiary/aromatic N) is 4. The molecular formula is C38H71N6O6P. The molecule has 2 aromatic heterocycles. The molecule has 13 heteroatoms. The van der Waals surface area contributed by atoms with E-state index in [1.54, 1.807) is 13.3 Å². The first-order valence-electron chi connectivity index (χ1n) is 19.8. The number of imidazole rings is 1. The van der Waals surface area contributed by atoms with Gasteiger partial charge in [0.25, 0.3) is 7.52 Å². The first-order valence-corrected chi connectivity index (χ1v) is 21.6. The molecule has 3 atom stereocenters. The Bertz CT molecular complexity index is 1260. The molecule has 0 amide bonds. The van der Waals surface area contributed by atoms with Crippen LogP contribution in [0.4, 0.5) is 5.82 Å². The van der Waals surface area contributed by atoms with Gasteiger partial charge in [0.1, 0.15) is 24.2 Å². The lowest BCUT2D eigenvalue weighted by atomic mass is 9.89. The number of nitrogen functional groups attached to an aromatic ring is 1. The number of nitrogens with one attached hydrogen (secondary N) is 1. The predicted molar refractivity (Wildman–Crippen MR) is 207 cm³/mol. The second-order valence-electron chi connectivity index (χ2n) is 14.9. The Balaban J connectivity index is 1.72. The van der Waals surface area contributed by atoms with Gasteiger partial charge in [0.15, 0.2) is 11.5 Å². The van der Waals surface area contributed by atoms with E-state index in [1.807, 2.05) is 11.5 Å². The number of hydrogen-bond acceptors (Lipinski definition) is 10. The molecule has 0 spiro atoms. The summed E-state index contributed by atoms with van der Waals surface area (Å²) >= 11 is 0. The lowest BCUT2D eigenvalue weighted by Gasteiger charge is -2.27. The largest absolute Gasteiger partial charge is 0.464 e. The third-order valence-corrected chi connectivity index (χ3v) is 10.9. The van der Waals surface area contributed by atoms with Crippen LogP contribution in [0.15, 0.2) is 12.7 Å². The van der Waals surface area contributed by atoms with E-state index in [0.29, 0.717) is 43.2 Å². The Morgan fingerprint density at radius 3 is 2.10 bits per heavy atom. The molecule has 2 rings (SSSR count). The molecule has 0 fully saturated rings. The number of nitrogens with two attached hydrogens (primary N) is 1. The lowest BCUT2D eigenvalue weighted by molar-refractivity contribution is -0.148. The van der Waals surface area contributed by atoms with Crippen molar-refractivity contribution in [2.24, 2.45) is 5.41 Å². The summed E-state index contributed by atoms with van der Waals surface area (Å²) in [5.74, 6) is -0.174. The van der Waals surface area contributed by atoms with Gasteiger partial charge in [-0.25, -0.2) is 20.0 Å². The third kappa shape index (κ3) is 19.5. The molecular weight excluding hydrogens is 667 g/mol. The van der Waals surface area contributed by atoms with Gasteiger partial charge in [0.2, 0.25) is 0 Å². The van der Waals surface area contributed by atoms with E-state index < -0.39 is 19.5 Å². The minimum absolute atomic E-state index is 0.136. The van der Waals surface area contributed by atoms with Gasteiger partial charge in [0.05, 0.1) is 32.2 Å². The molecule has 294 valence electrons. The van der Waals surface area contributed by atoms with E-state index in [2.05, 4.69) is 47.7 Å². The maximum Gasteiger partial charge on any atom is 0.323 e. The second-order valence-corrected chi connectivity index (χ2v) is 17.0. The molecule has 2 heterocycles. The van der Waals surface area contributed by atoms with Crippen LogP contribution in [0, 0.1) is 5.41 Å². The Labute approximate surface area is 308 Å². The highest BCUT2D eigenvalue weighted by molar-refractivity contribution is 7.56. The zero-order valence-corrected chi connectivity index (χ0v) is 33.7. The Kier molecular flexibility index (Phi) is 22.8. The van der Waals surface area contributed by atoms with E-state index in [1.165, 1.54) is 89.8 Å². The average Bonchev–Trinajstić information content (AvgIpc) is 3.51. The molecule has 0 radical (unpaired) electrons. The van der Waals surface area contributed by atoms with E-state index in [-0.39, 0.29) is 31.1 Å². The molecule has 0 saturated heterocycles. The van der Waals surface area contributed by atoms with Crippen molar-refractivity contribution in [3.05, 3.63) is 12.7 Å². The minimum Gasteiger partial charge on any atom is -0.464 e. The van der Waals surface area contributed by atoms with Crippen LogP contribution in [0.3, 0.4) is 0 Å². The van der Waals surface area contributed by atoms with Crippen LogP contribution in [0.2, 0.25) is 0 Å². The van der Waals surface area contributed by atoms with E-state index >= 15 is 0 Å². The van der Waals surface area contributed by atoms with Crippen molar-refractivity contribution in [2.75, 3.05) is 38.5 Å². The van der Waals surface area contributed by atoms with Gasteiger partial charge in [-0.1, -0.05) is 118 Å². The highest BCUT2D eigenvalue weighted by Gasteiger charge is 2.31. The van der Waals surface area contributed by atoms with Crippen LogP contribution >= 0.6 is 7.52 Å². The molecule has 2 aromatic rings. The maximum absolute atomic E-state index is 14.0. The number of fused-ring (bicyclic) bond motifs is 1. The van der Waals surface area contributed by atoms with E-state index in [9.17, 15) is 9.36 Å². The minimum atomic E-state index is -3.60. The van der Waals surface area contributed by atoms with Crippen LogP contribution in [0.25, 0.3) is 11.2 Å². The first-order chi connectivity index (χ1) is 24.5. The van der Waals surface area contributed by atoms with Gasteiger partial charge in [-0.05, 0) is 38.5 Å². The van der Waals surface area contributed by atoms with Gasteiger partial charge in [-0.3, -0.25) is 9.36 Å². The lowest BCUT2D eigenvalue weighted by Crippen LogP contribution is -2.37. The molecule has 0 aliphatic carbocycles. The van der Waals surface area contributed by atoms with Crippen LogP contribution in [0.5, 0.6) is 0 Å². The monoisotopic (exact) mass is 739 g/mol. The predicted octanol–water partition coefficient (Wildman–Crippen LogP) is 9.22. The van der Waals surface area contributed by atoms with Crippen molar-refractivity contribution in [1.29, 1.82) is 0 Å². The van der Waals surface area contributed by atoms with E-state index in [0.717, 1.165) is 19.3 Å². The highest BCUT2D eigenvalue weighted by Crippen LogP contribution is 2.43. The molecule has 1 unspecified atom stereocenters. The third-order valence-electron chi connectivity index (χ3n) is 9.06. The first kappa shape index (κ1) is 45.0. The Morgan fingerprint density at radius 2 is 1.47 bits per heavy atom. The summed E-state index contributed by atoms with van der Waals surface area (Å²) in [6, 6.07) is -0.846. The number of rotatable bonds is 32. The van der Waals surface area contributed by atoms with Gasteiger partial charge in [0, 0.05) is 13.2 Å². The number of unbranched alkanes of at least 4 members (excludes halogenated alkanes) is 13. The summed E-state index contributed by atoms with van der Waals surface area (Å²) in [7, 11) is -3.60. The molecule has 0 aliphatic rings. The number of carbonyl (C=O) groups excluding carboxylic acids is 1. The molecule has 0 aliphatic heterocycles. The van der Waals surface area contributed by atoms with Crippen LogP contribution < -0.4 is 10.8 Å². The molecule has 12 nitrogen and oxygen atoms in total.